The van der Waals surface area contributed by atoms with Crippen LogP contribution in [0.5, 0.6) is 0 Å². The average molecular weight is 346 g/mol. The lowest BCUT2D eigenvalue weighted by Crippen LogP contribution is -2.48. The van der Waals surface area contributed by atoms with Gasteiger partial charge in [0.05, 0.1) is 6.54 Å². The Morgan fingerprint density at radius 3 is 2.44 bits per heavy atom. The number of nitrogens with one attached hydrogen (secondary N) is 1. The zero-order valence-electron chi connectivity index (χ0n) is 15.4. The van der Waals surface area contributed by atoms with Crippen LogP contribution < -0.4 is 5.32 Å². The first-order chi connectivity index (χ1) is 12.1. The molecule has 0 bridgehead atoms. The molecule has 0 atom stereocenters. The Hall–Kier alpha value is -1.98. The largest absolute Gasteiger partial charge is 0.353 e. The molecule has 3 amide bonds. The van der Waals surface area contributed by atoms with Crippen molar-refractivity contribution in [3.63, 3.8) is 0 Å². The van der Waals surface area contributed by atoms with Crippen LogP contribution in [0.25, 0.3) is 0 Å². The Morgan fingerprint density at radius 1 is 1.20 bits per heavy atom. The summed E-state index contributed by atoms with van der Waals surface area (Å²) in [6.07, 6.45) is 8.19. The molecule has 1 N–H and O–H groups in total. The van der Waals surface area contributed by atoms with Crippen molar-refractivity contribution in [1.82, 2.24) is 19.7 Å². The van der Waals surface area contributed by atoms with Crippen molar-refractivity contribution in [3.8, 4) is 0 Å². The van der Waals surface area contributed by atoms with Crippen LogP contribution in [0.1, 0.15) is 51.1 Å². The summed E-state index contributed by atoms with van der Waals surface area (Å²) in [5, 5.41) is 2.96. The maximum absolute atomic E-state index is 12.9. The first-order valence-electron chi connectivity index (χ1n) is 9.54. The van der Waals surface area contributed by atoms with E-state index in [4.69, 9.17) is 0 Å². The van der Waals surface area contributed by atoms with Gasteiger partial charge in [-0.2, -0.15) is 0 Å². The van der Waals surface area contributed by atoms with E-state index < -0.39 is 0 Å². The number of aromatic nitrogens is 1. The average Bonchev–Trinajstić information content (AvgIpc) is 3.50. The zero-order chi connectivity index (χ0) is 17.8. The molecular formula is C19H30N4O2. The van der Waals surface area contributed by atoms with E-state index in [1.54, 1.807) is 4.90 Å². The Labute approximate surface area is 150 Å². The van der Waals surface area contributed by atoms with Crippen LogP contribution >= 0.6 is 0 Å². The highest BCUT2D eigenvalue weighted by Crippen LogP contribution is 2.30. The second-order valence-corrected chi connectivity index (χ2v) is 7.31. The molecule has 6 nitrogen and oxygen atoms in total. The Morgan fingerprint density at radius 2 is 1.88 bits per heavy atom. The normalized spacial score (nSPS) is 16.6. The van der Waals surface area contributed by atoms with Crippen molar-refractivity contribution in [1.29, 1.82) is 0 Å². The molecule has 2 fully saturated rings. The summed E-state index contributed by atoms with van der Waals surface area (Å²) in [5.74, 6) is 0.0706. The smallest absolute Gasteiger partial charge is 0.318 e. The SMILES string of the molecule is CCCCNC(=O)N(CC(=O)N(Cc1cccn1C)C1CC1)C1CC1. The molecule has 2 aliphatic rings. The number of amides is 3. The molecule has 0 spiro atoms. The van der Waals surface area contributed by atoms with E-state index in [9.17, 15) is 9.59 Å². The molecule has 1 aromatic rings. The summed E-state index contributed by atoms with van der Waals surface area (Å²) in [4.78, 5) is 29.1. The van der Waals surface area contributed by atoms with Gasteiger partial charge in [0, 0.05) is 37.6 Å². The first-order valence-corrected chi connectivity index (χ1v) is 9.54. The zero-order valence-corrected chi connectivity index (χ0v) is 15.4. The number of urea groups is 1. The highest BCUT2D eigenvalue weighted by Gasteiger charge is 2.38. The van der Waals surface area contributed by atoms with Gasteiger partial charge < -0.3 is 19.7 Å². The van der Waals surface area contributed by atoms with E-state index in [1.165, 1.54) is 0 Å². The van der Waals surface area contributed by atoms with Gasteiger partial charge in [-0.3, -0.25) is 4.79 Å². The maximum Gasteiger partial charge on any atom is 0.318 e. The van der Waals surface area contributed by atoms with Gasteiger partial charge in [0.1, 0.15) is 6.54 Å². The van der Waals surface area contributed by atoms with Crippen LogP contribution in [0.4, 0.5) is 4.79 Å². The number of aryl methyl sites for hydroxylation is 1. The van der Waals surface area contributed by atoms with Crippen LogP contribution in [0.15, 0.2) is 18.3 Å². The number of carbonyl (C=O) groups excluding carboxylic acids is 2. The van der Waals surface area contributed by atoms with E-state index >= 15 is 0 Å². The fourth-order valence-corrected chi connectivity index (χ4v) is 3.11. The number of hydrogen-bond donors (Lipinski definition) is 1. The summed E-state index contributed by atoms with van der Waals surface area (Å²) < 4.78 is 2.05. The van der Waals surface area contributed by atoms with Crippen LogP contribution in [0, 0.1) is 0 Å². The van der Waals surface area contributed by atoms with Gasteiger partial charge in [0.25, 0.3) is 0 Å². The van der Waals surface area contributed by atoms with E-state index in [0.29, 0.717) is 19.1 Å². The van der Waals surface area contributed by atoms with Gasteiger partial charge in [-0.05, 0) is 44.2 Å². The van der Waals surface area contributed by atoms with E-state index in [2.05, 4.69) is 22.9 Å². The van der Waals surface area contributed by atoms with Crippen molar-refractivity contribution in [2.45, 2.75) is 64.1 Å². The molecule has 3 rings (SSSR count). The minimum atomic E-state index is -0.0843. The van der Waals surface area contributed by atoms with Crippen molar-refractivity contribution < 1.29 is 9.59 Å². The Bertz CT molecular complexity index is 604. The van der Waals surface area contributed by atoms with Gasteiger partial charge in [-0.25, -0.2) is 4.79 Å². The standard InChI is InChI=1S/C19H30N4O2/c1-3-4-11-20-19(25)23(16-9-10-16)14-18(24)22(15-7-8-15)13-17-6-5-12-21(17)2/h5-6,12,15-16H,3-4,7-11,13-14H2,1-2H3,(H,20,25). The van der Waals surface area contributed by atoms with Crippen molar-refractivity contribution in [3.05, 3.63) is 24.0 Å². The highest BCUT2D eigenvalue weighted by atomic mass is 16.2. The molecule has 0 unspecified atom stereocenters. The topological polar surface area (TPSA) is 57.6 Å². The summed E-state index contributed by atoms with van der Waals surface area (Å²) in [7, 11) is 2.00. The number of nitrogens with zero attached hydrogens (tertiary/aromatic N) is 3. The predicted molar refractivity (Wildman–Crippen MR) is 97.0 cm³/mol. The second kappa shape index (κ2) is 7.93. The lowest BCUT2D eigenvalue weighted by Gasteiger charge is -2.28. The summed E-state index contributed by atoms with van der Waals surface area (Å²) in [5.41, 5.74) is 1.13. The molecule has 138 valence electrons. The van der Waals surface area contributed by atoms with Crippen LogP contribution in [0.2, 0.25) is 0 Å². The molecule has 25 heavy (non-hydrogen) atoms. The molecule has 2 saturated carbocycles. The van der Waals surface area contributed by atoms with Crippen molar-refractivity contribution in [2.75, 3.05) is 13.1 Å². The van der Waals surface area contributed by atoms with Gasteiger partial charge in [0.2, 0.25) is 5.91 Å². The van der Waals surface area contributed by atoms with Gasteiger partial charge in [-0.1, -0.05) is 13.3 Å². The fourth-order valence-electron chi connectivity index (χ4n) is 3.11. The van der Waals surface area contributed by atoms with E-state index in [-0.39, 0.29) is 24.5 Å². The molecule has 0 saturated heterocycles. The van der Waals surface area contributed by atoms with E-state index in [0.717, 1.165) is 44.2 Å². The lowest BCUT2D eigenvalue weighted by atomic mass is 10.3. The Balaban J connectivity index is 1.60. The fraction of sp³-hybridized carbons (Fsp3) is 0.684. The van der Waals surface area contributed by atoms with Crippen molar-refractivity contribution >= 4 is 11.9 Å². The Kier molecular flexibility index (Phi) is 5.66. The molecular weight excluding hydrogens is 316 g/mol. The number of rotatable bonds is 9. The minimum absolute atomic E-state index is 0.0706. The van der Waals surface area contributed by atoms with Gasteiger partial charge >= 0.3 is 6.03 Å². The second-order valence-electron chi connectivity index (χ2n) is 7.31. The minimum Gasteiger partial charge on any atom is -0.353 e. The molecule has 0 radical (unpaired) electrons. The quantitative estimate of drug-likeness (QED) is 0.699. The van der Waals surface area contributed by atoms with Gasteiger partial charge in [0.15, 0.2) is 0 Å². The molecule has 0 aromatic carbocycles. The molecule has 0 aliphatic heterocycles. The summed E-state index contributed by atoms with van der Waals surface area (Å²) in [6, 6.07) is 4.55. The third kappa shape index (κ3) is 4.77. The first kappa shape index (κ1) is 17.8. The van der Waals surface area contributed by atoms with Crippen molar-refractivity contribution in [2.24, 2.45) is 7.05 Å². The third-order valence-corrected chi connectivity index (χ3v) is 5.05. The molecule has 6 heteroatoms. The van der Waals surface area contributed by atoms with Crippen LogP contribution in [0.3, 0.4) is 0 Å². The van der Waals surface area contributed by atoms with Crippen LogP contribution in [-0.4, -0.2) is 51.5 Å². The van der Waals surface area contributed by atoms with Gasteiger partial charge in [-0.15, -0.1) is 0 Å². The van der Waals surface area contributed by atoms with E-state index in [1.807, 2.05) is 24.2 Å². The predicted octanol–water partition coefficient (Wildman–Crippen LogP) is 2.49. The number of carbonyl (C=O) groups is 2. The van der Waals surface area contributed by atoms with Crippen LogP contribution in [-0.2, 0) is 18.4 Å². The lowest BCUT2D eigenvalue weighted by molar-refractivity contribution is -0.133. The molecule has 1 aromatic heterocycles. The highest BCUT2D eigenvalue weighted by molar-refractivity contribution is 5.85. The monoisotopic (exact) mass is 346 g/mol. The summed E-state index contributed by atoms with van der Waals surface area (Å²) in [6.45, 7) is 3.61. The maximum atomic E-state index is 12.9. The molecule has 1 heterocycles. The number of hydrogen-bond acceptors (Lipinski definition) is 2. The third-order valence-electron chi connectivity index (χ3n) is 5.05. The number of unbranched alkanes of at least 4 members (excludes halogenated alkanes) is 1. The summed E-state index contributed by atoms with van der Waals surface area (Å²) >= 11 is 0. The molecule has 2 aliphatic carbocycles.